The molecular weight excluding hydrogens is 302 g/mol. The van der Waals surface area contributed by atoms with Gasteiger partial charge < -0.3 is 4.90 Å². The number of halogens is 2. The first kappa shape index (κ1) is 13.1. The van der Waals surface area contributed by atoms with E-state index in [9.17, 15) is 0 Å². The van der Waals surface area contributed by atoms with E-state index in [2.05, 4.69) is 43.7 Å². The third-order valence-corrected chi connectivity index (χ3v) is 4.13. The van der Waals surface area contributed by atoms with E-state index in [1.54, 1.807) is 0 Å². The summed E-state index contributed by atoms with van der Waals surface area (Å²) in [6, 6.07) is 2.14. The zero-order chi connectivity index (χ0) is 12.3. The van der Waals surface area contributed by atoms with E-state index in [0.717, 1.165) is 48.9 Å². The van der Waals surface area contributed by atoms with Crippen molar-refractivity contribution in [3.05, 3.63) is 22.3 Å². The van der Waals surface area contributed by atoms with Gasteiger partial charge in [-0.1, -0.05) is 0 Å². The van der Waals surface area contributed by atoms with Gasteiger partial charge in [0.25, 0.3) is 0 Å². The number of hydrogen-bond acceptors (Lipinski definition) is 3. The van der Waals surface area contributed by atoms with Crippen molar-refractivity contribution in [2.24, 2.45) is 0 Å². The van der Waals surface area contributed by atoms with Gasteiger partial charge in [0, 0.05) is 49.3 Å². The van der Waals surface area contributed by atoms with E-state index in [-0.39, 0.29) is 0 Å². The highest BCUT2D eigenvalue weighted by Gasteiger charge is 2.17. The highest BCUT2D eigenvalue weighted by atomic mass is 79.9. The first-order valence-electron chi connectivity index (χ1n) is 5.86. The molecule has 1 aromatic rings. The Bertz CT molecular complexity index is 378. The van der Waals surface area contributed by atoms with Crippen LogP contribution in [0.2, 0.25) is 0 Å². The molecule has 2 rings (SSSR count). The van der Waals surface area contributed by atoms with Gasteiger partial charge in [-0.3, -0.25) is 4.90 Å². The van der Waals surface area contributed by atoms with Gasteiger partial charge in [-0.2, -0.15) is 0 Å². The molecule has 0 atom stereocenters. The first-order valence-corrected chi connectivity index (χ1v) is 7.19. The molecule has 0 bridgehead atoms. The molecule has 0 aromatic carbocycles. The minimum absolute atomic E-state index is 0.718. The second-order valence-electron chi connectivity index (χ2n) is 4.31. The Balaban J connectivity index is 1.98. The van der Waals surface area contributed by atoms with Gasteiger partial charge in [0.2, 0.25) is 0 Å². The summed E-state index contributed by atoms with van der Waals surface area (Å²) in [4.78, 5) is 9.20. The van der Waals surface area contributed by atoms with E-state index in [4.69, 9.17) is 11.6 Å². The fraction of sp³-hybridized carbons (Fsp3) is 0.583. The van der Waals surface area contributed by atoms with Crippen molar-refractivity contribution in [2.45, 2.75) is 6.92 Å². The van der Waals surface area contributed by atoms with Crippen LogP contribution in [0.25, 0.3) is 0 Å². The summed E-state index contributed by atoms with van der Waals surface area (Å²) in [6.07, 6.45) is 1.88. The molecule has 0 radical (unpaired) electrons. The fourth-order valence-electron chi connectivity index (χ4n) is 2.02. The number of aryl methyl sites for hydroxylation is 1. The standard InChI is InChI=1S/C12H17BrClN3/c1-10-8-12(15-9-11(10)13)17-6-4-16(3-2-14)5-7-17/h8-9H,2-7H2,1H3. The lowest BCUT2D eigenvalue weighted by atomic mass is 10.2. The predicted molar refractivity (Wildman–Crippen MR) is 76.0 cm³/mol. The van der Waals surface area contributed by atoms with Crippen LogP contribution in [-0.2, 0) is 0 Å². The van der Waals surface area contributed by atoms with Gasteiger partial charge in [0.1, 0.15) is 5.82 Å². The third kappa shape index (κ3) is 3.33. The number of piperazine rings is 1. The van der Waals surface area contributed by atoms with E-state index in [1.807, 2.05) is 6.20 Å². The number of aromatic nitrogens is 1. The highest BCUT2D eigenvalue weighted by Crippen LogP contribution is 2.20. The van der Waals surface area contributed by atoms with Crippen molar-refractivity contribution in [1.29, 1.82) is 0 Å². The number of pyridine rings is 1. The van der Waals surface area contributed by atoms with Gasteiger partial charge in [0.15, 0.2) is 0 Å². The summed E-state index contributed by atoms with van der Waals surface area (Å²) in [5, 5.41) is 0. The molecule has 1 aromatic heterocycles. The van der Waals surface area contributed by atoms with Crippen molar-refractivity contribution in [3.63, 3.8) is 0 Å². The quantitative estimate of drug-likeness (QED) is 0.798. The maximum Gasteiger partial charge on any atom is 0.128 e. The number of anilines is 1. The zero-order valence-corrected chi connectivity index (χ0v) is 12.3. The van der Waals surface area contributed by atoms with Crippen LogP contribution >= 0.6 is 27.5 Å². The average molecular weight is 319 g/mol. The number of hydrogen-bond donors (Lipinski definition) is 0. The van der Waals surface area contributed by atoms with Crippen LogP contribution in [0.1, 0.15) is 5.56 Å². The minimum atomic E-state index is 0.718. The van der Waals surface area contributed by atoms with E-state index in [1.165, 1.54) is 5.56 Å². The molecule has 0 amide bonds. The molecule has 5 heteroatoms. The Hall–Kier alpha value is -0.320. The summed E-state index contributed by atoms with van der Waals surface area (Å²) < 4.78 is 1.07. The lowest BCUT2D eigenvalue weighted by molar-refractivity contribution is 0.272. The minimum Gasteiger partial charge on any atom is -0.354 e. The van der Waals surface area contributed by atoms with E-state index in [0.29, 0.717) is 0 Å². The second kappa shape index (κ2) is 6.03. The Morgan fingerprint density at radius 3 is 2.65 bits per heavy atom. The van der Waals surface area contributed by atoms with Crippen LogP contribution in [-0.4, -0.2) is 48.5 Å². The lowest BCUT2D eigenvalue weighted by Crippen LogP contribution is -2.47. The molecule has 1 fully saturated rings. The van der Waals surface area contributed by atoms with E-state index < -0.39 is 0 Å². The summed E-state index contributed by atoms with van der Waals surface area (Å²) in [7, 11) is 0. The van der Waals surface area contributed by atoms with Gasteiger partial charge >= 0.3 is 0 Å². The molecular formula is C12H17BrClN3. The van der Waals surface area contributed by atoms with Gasteiger partial charge in [-0.25, -0.2) is 4.98 Å². The molecule has 1 aliphatic heterocycles. The summed E-state index contributed by atoms with van der Waals surface area (Å²) in [5.41, 5.74) is 1.23. The monoisotopic (exact) mass is 317 g/mol. The Morgan fingerprint density at radius 1 is 1.35 bits per heavy atom. The molecule has 94 valence electrons. The predicted octanol–water partition coefficient (Wildman–Crippen LogP) is 2.51. The summed E-state index contributed by atoms with van der Waals surface area (Å²) >= 11 is 9.23. The van der Waals surface area contributed by atoms with Crippen LogP contribution in [0.15, 0.2) is 16.7 Å². The van der Waals surface area contributed by atoms with Gasteiger partial charge in [-0.05, 0) is 34.5 Å². The Labute approximate surface area is 116 Å². The normalized spacial score (nSPS) is 17.5. The summed E-state index contributed by atoms with van der Waals surface area (Å²) in [6.45, 7) is 7.30. The molecule has 0 N–H and O–H groups in total. The van der Waals surface area contributed by atoms with Crippen LogP contribution in [0.5, 0.6) is 0 Å². The Morgan fingerprint density at radius 2 is 2.06 bits per heavy atom. The second-order valence-corrected chi connectivity index (χ2v) is 5.54. The fourth-order valence-corrected chi connectivity index (χ4v) is 2.47. The average Bonchev–Trinajstić information content (AvgIpc) is 2.34. The highest BCUT2D eigenvalue weighted by molar-refractivity contribution is 9.10. The Kier molecular flexibility index (Phi) is 4.65. The molecule has 1 aliphatic rings. The third-order valence-electron chi connectivity index (χ3n) is 3.13. The van der Waals surface area contributed by atoms with Crippen molar-refractivity contribution < 1.29 is 0 Å². The number of rotatable bonds is 3. The van der Waals surface area contributed by atoms with Crippen molar-refractivity contribution in [1.82, 2.24) is 9.88 Å². The first-order chi connectivity index (χ1) is 8.20. The molecule has 2 heterocycles. The van der Waals surface area contributed by atoms with Crippen molar-refractivity contribution >= 4 is 33.3 Å². The molecule has 1 saturated heterocycles. The largest absolute Gasteiger partial charge is 0.354 e. The van der Waals surface area contributed by atoms with Crippen LogP contribution in [0, 0.1) is 6.92 Å². The van der Waals surface area contributed by atoms with Crippen molar-refractivity contribution in [2.75, 3.05) is 43.5 Å². The number of alkyl halides is 1. The number of nitrogens with zero attached hydrogens (tertiary/aromatic N) is 3. The maximum absolute atomic E-state index is 5.75. The lowest BCUT2D eigenvalue weighted by Gasteiger charge is -2.35. The molecule has 0 saturated carbocycles. The zero-order valence-electron chi connectivity index (χ0n) is 9.99. The smallest absolute Gasteiger partial charge is 0.128 e. The van der Waals surface area contributed by atoms with Gasteiger partial charge in [0.05, 0.1) is 0 Å². The summed E-state index contributed by atoms with van der Waals surface area (Å²) in [5.74, 6) is 1.80. The maximum atomic E-state index is 5.75. The molecule has 0 spiro atoms. The van der Waals surface area contributed by atoms with E-state index >= 15 is 0 Å². The molecule has 0 aliphatic carbocycles. The van der Waals surface area contributed by atoms with Crippen LogP contribution in [0.4, 0.5) is 5.82 Å². The van der Waals surface area contributed by atoms with Crippen molar-refractivity contribution in [3.8, 4) is 0 Å². The SMILES string of the molecule is Cc1cc(N2CCN(CCCl)CC2)ncc1Br. The molecule has 0 unspecified atom stereocenters. The van der Waals surface area contributed by atoms with Gasteiger partial charge in [-0.15, -0.1) is 11.6 Å². The van der Waals surface area contributed by atoms with Crippen LogP contribution < -0.4 is 4.90 Å². The topological polar surface area (TPSA) is 19.4 Å². The molecule has 17 heavy (non-hydrogen) atoms. The van der Waals surface area contributed by atoms with Crippen LogP contribution in [0.3, 0.4) is 0 Å². The molecule has 3 nitrogen and oxygen atoms in total.